The molecule has 106 valence electrons. The van der Waals surface area contributed by atoms with E-state index in [1.54, 1.807) is 25.3 Å². The molecule has 19 heavy (non-hydrogen) atoms. The van der Waals surface area contributed by atoms with Gasteiger partial charge in [-0.2, -0.15) is 0 Å². The standard InChI is InChI=1S/C13H19NO5/c1-16-6-7-18-8-9-19-13(15)10-4-3-5-11(14)12(10)17-2/h3-5H,6-9,14H2,1-2H3. The first-order chi connectivity index (χ1) is 9.20. The molecule has 0 saturated heterocycles. The van der Waals surface area contributed by atoms with E-state index in [0.717, 1.165) is 0 Å². The molecule has 0 aromatic heterocycles. The molecule has 0 unspecified atom stereocenters. The fraction of sp³-hybridized carbons (Fsp3) is 0.462. The molecule has 0 radical (unpaired) electrons. The van der Waals surface area contributed by atoms with Crippen LogP contribution in [0.15, 0.2) is 18.2 Å². The van der Waals surface area contributed by atoms with Gasteiger partial charge in [-0.15, -0.1) is 0 Å². The summed E-state index contributed by atoms with van der Waals surface area (Å²) in [5, 5.41) is 0. The molecule has 6 nitrogen and oxygen atoms in total. The number of anilines is 1. The summed E-state index contributed by atoms with van der Waals surface area (Å²) in [6.45, 7) is 1.47. The Bertz CT molecular complexity index is 408. The highest BCUT2D eigenvalue weighted by Crippen LogP contribution is 2.26. The molecule has 0 aliphatic carbocycles. The molecule has 0 atom stereocenters. The third-order valence-corrected chi connectivity index (χ3v) is 2.36. The van der Waals surface area contributed by atoms with E-state index in [9.17, 15) is 4.79 Å². The highest BCUT2D eigenvalue weighted by molar-refractivity contribution is 5.94. The SMILES string of the molecule is COCCOCCOC(=O)c1cccc(N)c1OC. The zero-order chi connectivity index (χ0) is 14.1. The van der Waals surface area contributed by atoms with Gasteiger partial charge in [0.1, 0.15) is 12.2 Å². The van der Waals surface area contributed by atoms with Gasteiger partial charge in [0.15, 0.2) is 5.75 Å². The maximum absolute atomic E-state index is 11.8. The largest absolute Gasteiger partial charge is 0.494 e. The predicted octanol–water partition coefficient (Wildman–Crippen LogP) is 1.10. The molecule has 6 heteroatoms. The average Bonchev–Trinajstić information content (AvgIpc) is 2.42. The van der Waals surface area contributed by atoms with Gasteiger partial charge in [0.2, 0.25) is 0 Å². The monoisotopic (exact) mass is 269 g/mol. The molecule has 2 N–H and O–H groups in total. The van der Waals surface area contributed by atoms with Crippen LogP contribution in [0.4, 0.5) is 5.69 Å². The van der Waals surface area contributed by atoms with Gasteiger partial charge >= 0.3 is 5.97 Å². The van der Waals surface area contributed by atoms with Crippen LogP contribution in [0.25, 0.3) is 0 Å². The summed E-state index contributed by atoms with van der Waals surface area (Å²) in [5.74, 6) is -0.160. The maximum Gasteiger partial charge on any atom is 0.342 e. The zero-order valence-electron chi connectivity index (χ0n) is 11.2. The second-order valence-electron chi connectivity index (χ2n) is 3.67. The van der Waals surface area contributed by atoms with Crippen LogP contribution in [0, 0.1) is 0 Å². The smallest absolute Gasteiger partial charge is 0.342 e. The number of hydrogen-bond acceptors (Lipinski definition) is 6. The third kappa shape index (κ3) is 4.76. The number of ether oxygens (including phenoxy) is 4. The van der Waals surface area contributed by atoms with Crippen LogP contribution in [0.2, 0.25) is 0 Å². The molecule has 0 spiro atoms. The van der Waals surface area contributed by atoms with Crippen molar-refractivity contribution in [2.45, 2.75) is 0 Å². The quantitative estimate of drug-likeness (QED) is 0.432. The number of nitrogens with two attached hydrogens (primary N) is 1. The van der Waals surface area contributed by atoms with Gasteiger partial charge < -0.3 is 24.7 Å². The van der Waals surface area contributed by atoms with Gasteiger partial charge in [-0.25, -0.2) is 4.79 Å². The summed E-state index contributed by atoms with van der Waals surface area (Å²) < 4.78 is 20.2. The fourth-order valence-electron chi connectivity index (χ4n) is 1.46. The van der Waals surface area contributed by atoms with Crippen molar-refractivity contribution >= 4 is 11.7 Å². The normalized spacial score (nSPS) is 10.2. The minimum atomic E-state index is -0.487. The molecule has 0 heterocycles. The number of methoxy groups -OCH3 is 2. The van der Waals surface area contributed by atoms with Gasteiger partial charge in [0.05, 0.1) is 32.6 Å². The van der Waals surface area contributed by atoms with Crippen LogP contribution in [0.1, 0.15) is 10.4 Å². The number of esters is 1. The van der Waals surface area contributed by atoms with Crippen LogP contribution in [0.5, 0.6) is 5.75 Å². The summed E-state index contributed by atoms with van der Waals surface area (Å²) in [5.41, 5.74) is 6.41. The van der Waals surface area contributed by atoms with E-state index in [2.05, 4.69) is 0 Å². The molecular formula is C13H19NO5. The molecule has 1 rings (SSSR count). The first kappa shape index (κ1) is 15.3. The van der Waals surface area contributed by atoms with Crippen molar-refractivity contribution in [2.75, 3.05) is 46.4 Å². The minimum Gasteiger partial charge on any atom is -0.494 e. The van der Waals surface area contributed by atoms with Crippen molar-refractivity contribution in [3.8, 4) is 5.75 Å². The van der Waals surface area contributed by atoms with Crippen LogP contribution < -0.4 is 10.5 Å². The Labute approximate surface area is 112 Å². The van der Waals surface area contributed by atoms with Crippen LogP contribution in [-0.2, 0) is 14.2 Å². The Morgan fingerprint density at radius 2 is 1.89 bits per heavy atom. The highest BCUT2D eigenvalue weighted by atomic mass is 16.6. The van der Waals surface area contributed by atoms with Gasteiger partial charge in [-0.3, -0.25) is 0 Å². The summed E-state index contributed by atoms with van der Waals surface area (Å²) >= 11 is 0. The maximum atomic E-state index is 11.8. The molecule has 0 aliphatic heterocycles. The van der Waals surface area contributed by atoms with Crippen molar-refractivity contribution in [1.82, 2.24) is 0 Å². The molecular weight excluding hydrogens is 250 g/mol. The number of rotatable bonds is 8. The van der Waals surface area contributed by atoms with E-state index >= 15 is 0 Å². The number of carbonyl (C=O) groups is 1. The number of nitrogen functional groups attached to an aromatic ring is 1. The molecule has 1 aromatic rings. The summed E-state index contributed by atoms with van der Waals surface area (Å²) in [6.07, 6.45) is 0. The lowest BCUT2D eigenvalue weighted by atomic mass is 10.2. The molecule has 0 fully saturated rings. The van der Waals surface area contributed by atoms with Crippen molar-refractivity contribution in [3.05, 3.63) is 23.8 Å². The lowest BCUT2D eigenvalue weighted by molar-refractivity contribution is 0.0212. The molecule has 0 aliphatic rings. The predicted molar refractivity (Wildman–Crippen MR) is 70.4 cm³/mol. The van der Waals surface area contributed by atoms with Crippen molar-refractivity contribution in [2.24, 2.45) is 0 Å². The summed E-state index contributed by atoms with van der Waals surface area (Å²) in [4.78, 5) is 11.8. The lowest BCUT2D eigenvalue weighted by Crippen LogP contribution is -2.13. The van der Waals surface area contributed by atoms with Gasteiger partial charge in [-0.05, 0) is 12.1 Å². The highest BCUT2D eigenvalue weighted by Gasteiger charge is 2.15. The van der Waals surface area contributed by atoms with Crippen LogP contribution in [-0.4, -0.2) is 46.6 Å². The number of benzene rings is 1. The lowest BCUT2D eigenvalue weighted by Gasteiger charge is -2.10. The van der Waals surface area contributed by atoms with E-state index in [4.69, 9.17) is 24.7 Å². The third-order valence-electron chi connectivity index (χ3n) is 2.36. The second kappa shape index (κ2) is 8.34. The Morgan fingerprint density at radius 3 is 2.58 bits per heavy atom. The minimum absolute atomic E-state index is 0.167. The van der Waals surface area contributed by atoms with E-state index in [-0.39, 0.29) is 6.61 Å². The first-order valence-corrected chi connectivity index (χ1v) is 5.87. The van der Waals surface area contributed by atoms with Crippen molar-refractivity contribution in [3.63, 3.8) is 0 Å². The molecule has 1 aromatic carbocycles. The molecule has 0 amide bonds. The Hall–Kier alpha value is -1.79. The topological polar surface area (TPSA) is 80.0 Å². The van der Waals surface area contributed by atoms with E-state index < -0.39 is 5.97 Å². The van der Waals surface area contributed by atoms with E-state index in [1.807, 2.05) is 0 Å². The van der Waals surface area contributed by atoms with E-state index in [1.165, 1.54) is 7.11 Å². The van der Waals surface area contributed by atoms with Crippen LogP contribution in [0.3, 0.4) is 0 Å². The fourth-order valence-corrected chi connectivity index (χ4v) is 1.46. The van der Waals surface area contributed by atoms with Gasteiger partial charge in [0, 0.05) is 7.11 Å². The van der Waals surface area contributed by atoms with Crippen molar-refractivity contribution < 1.29 is 23.7 Å². The number of carbonyl (C=O) groups excluding carboxylic acids is 1. The summed E-state index contributed by atoms with van der Waals surface area (Å²) in [6, 6.07) is 4.93. The Kier molecular flexibility index (Phi) is 6.70. The number of para-hydroxylation sites is 1. The van der Waals surface area contributed by atoms with E-state index in [0.29, 0.717) is 36.8 Å². The van der Waals surface area contributed by atoms with Crippen LogP contribution >= 0.6 is 0 Å². The average molecular weight is 269 g/mol. The number of hydrogen-bond donors (Lipinski definition) is 1. The Morgan fingerprint density at radius 1 is 1.16 bits per heavy atom. The summed E-state index contributed by atoms with van der Waals surface area (Å²) in [7, 11) is 3.05. The molecule has 0 bridgehead atoms. The molecule has 0 saturated carbocycles. The van der Waals surface area contributed by atoms with Gasteiger partial charge in [0.25, 0.3) is 0 Å². The van der Waals surface area contributed by atoms with Gasteiger partial charge in [-0.1, -0.05) is 6.07 Å². The Balaban J connectivity index is 2.43. The first-order valence-electron chi connectivity index (χ1n) is 5.87. The van der Waals surface area contributed by atoms with Crippen molar-refractivity contribution in [1.29, 1.82) is 0 Å². The second-order valence-corrected chi connectivity index (χ2v) is 3.67. The zero-order valence-corrected chi connectivity index (χ0v) is 11.2.